The third-order valence-electron chi connectivity index (χ3n) is 5.45. The molecular weight excluding hydrogens is 407 g/mol. The first-order valence-corrected chi connectivity index (χ1v) is 9.65. The molecule has 2 unspecified atom stereocenters. The summed E-state index contributed by atoms with van der Waals surface area (Å²) in [6, 6.07) is 11.8. The minimum absolute atomic E-state index is 0.124. The molecule has 2 atom stereocenters. The maximum atomic E-state index is 12.8. The van der Waals surface area contributed by atoms with Crippen LogP contribution >= 0.6 is 0 Å². The second-order valence-electron chi connectivity index (χ2n) is 7.43. The number of rotatable bonds is 4. The first-order chi connectivity index (χ1) is 14.8. The number of nitrogens with two attached hydrogens (primary N) is 2. The molecule has 1 aliphatic rings. The molecule has 9 heteroatoms. The Morgan fingerprint density at radius 2 is 1.68 bits per heavy atom. The lowest BCUT2D eigenvalue weighted by molar-refractivity contribution is -0.137. The molecule has 0 radical (unpaired) electrons. The number of alkyl halides is 3. The van der Waals surface area contributed by atoms with Crippen molar-refractivity contribution in [1.82, 2.24) is 14.9 Å². The van der Waals surface area contributed by atoms with Crippen molar-refractivity contribution >= 4 is 12.2 Å². The number of anilines is 1. The summed E-state index contributed by atoms with van der Waals surface area (Å²) in [7, 11) is 0. The van der Waals surface area contributed by atoms with E-state index in [1.807, 2.05) is 24.3 Å². The Balaban J connectivity index is 1.63. The van der Waals surface area contributed by atoms with E-state index in [4.69, 9.17) is 11.5 Å². The maximum Gasteiger partial charge on any atom is 0.416 e. The predicted molar refractivity (Wildman–Crippen MR) is 110 cm³/mol. The van der Waals surface area contributed by atoms with Crippen molar-refractivity contribution in [3.05, 3.63) is 65.9 Å². The predicted octanol–water partition coefficient (Wildman–Crippen LogP) is 3.64. The van der Waals surface area contributed by atoms with Gasteiger partial charge in [0.2, 0.25) is 6.41 Å². The van der Waals surface area contributed by atoms with E-state index in [1.165, 1.54) is 18.3 Å². The maximum absolute atomic E-state index is 12.8. The highest BCUT2D eigenvalue weighted by Crippen LogP contribution is 2.33. The standard InChI is InChI=1S/C22H20F3N5O/c23-22(24,25)16-7-5-14(6-8-16)19-21(27)28-11-18(29-19)13-1-3-15(4-2-13)20-17(26)9-10-30(20)12-31/h1-8,11-12,17,20H,9-10,26H2,(H2,27,28). The Kier molecular flexibility index (Phi) is 5.36. The molecule has 1 aliphatic heterocycles. The van der Waals surface area contributed by atoms with Crippen molar-refractivity contribution in [3.8, 4) is 22.5 Å². The average molecular weight is 427 g/mol. The molecule has 3 aromatic rings. The molecule has 4 N–H and O–H groups in total. The first-order valence-electron chi connectivity index (χ1n) is 9.65. The molecule has 0 saturated carbocycles. The molecule has 160 valence electrons. The summed E-state index contributed by atoms with van der Waals surface area (Å²) >= 11 is 0. The van der Waals surface area contributed by atoms with E-state index in [2.05, 4.69) is 9.97 Å². The Morgan fingerprint density at radius 3 is 2.29 bits per heavy atom. The summed E-state index contributed by atoms with van der Waals surface area (Å²) in [6.45, 7) is 0.622. The van der Waals surface area contributed by atoms with Crippen LogP contribution in [0.25, 0.3) is 22.5 Å². The van der Waals surface area contributed by atoms with Gasteiger partial charge in [0, 0.05) is 23.7 Å². The topological polar surface area (TPSA) is 98.1 Å². The van der Waals surface area contributed by atoms with Crippen LogP contribution in [0.1, 0.15) is 23.6 Å². The van der Waals surface area contributed by atoms with Crippen LogP contribution in [0, 0.1) is 0 Å². The number of halogens is 3. The van der Waals surface area contributed by atoms with Crippen LogP contribution in [0.3, 0.4) is 0 Å². The zero-order valence-corrected chi connectivity index (χ0v) is 16.4. The van der Waals surface area contributed by atoms with Crippen LogP contribution < -0.4 is 11.5 Å². The fourth-order valence-corrected chi connectivity index (χ4v) is 3.82. The highest BCUT2D eigenvalue weighted by atomic mass is 19.4. The number of hydrogen-bond donors (Lipinski definition) is 2. The molecule has 0 spiro atoms. The normalized spacial score (nSPS) is 18.9. The zero-order valence-electron chi connectivity index (χ0n) is 16.4. The number of aromatic nitrogens is 2. The van der Waals surface area contributed by atoms with Gasteiger partial charge in [0.25, 0.3) is 0 Å². The first kappa shape index (κ1) is 20.8. The second kappa shape index (κ2) is 7.99. The van der Waals surface area contributed by atoms with Crippen LogP contribution in [-0.2, 0) is 11.0 Å². The molecule has 1 fully saturated rings. The lowest BCUT2D eigenvalue weighted by Crippen LogP contribution is -2.30. The molecule has 1 saturated heterocycles. The molecule has 4 rings (SSSR count). The molecule has 0 bridgehead atoms. The van der Waals surface area contributed by atoms with E-state index in [0.29, 0.717) is 23.5 Å². The largest absolute Gasteiger partial charge is 0.416 e. The van der Waals surface area contributed by atoms with Gasteiger partial charge < -0.3 is 16.4 Å². The number of carbonyl (C=O) groups is 1. The monoisotopic (exact) mass is 427 g/mol. The number of carbonyl (C=O) groups excluding carboxylic acids is 1. The van der Waals surface area contributed by atoms with Crippen LogP contribution in [-0.4, -0.2) is 33.9 Å². The van der Waals surface area contributed by atoms with Gasteiger partial charge in [-0.2, -0.15) is 13.2 Å². The van der Waals surface area contributed by atoms with Gasteiger partial charge in [0.15, 0.2) is 0 Å². The summed E-state index contributed by atoms with van der Waals surface area (Å²) < 4.78 is 38.5. The number of nitrogens with zero attached hydrogens (tertiary/aromatic N) is 3. The van der Waals surface area contributed by atoms with Gasteiger partial charge >= 0.3 is 6.18 Å². The fraction of sp³-hybridized carbons (Fsp3) is 0.227. The van der Waals surface area contributed by atoms with Crippen molar-refractivity contribution in [3.63, 3.8) is 0 Å². The van der Waals surface area contributed by atoms with Crippen molar-refractivity contribution in [2.75, 3.05) is 12.3 Å². The number of likely N-dealkylation sites (tertiary alicyclic amines) is 1. The van der Waals surface area contributed by atoms with E-state index < -0.39 is 11.7 Å². The van der Waals surface area contributed by atoms with Gasteiger partial charge in [-0.3, -0.25) is 4.79 Å². The smallest absolute Gasteiger partial charge is 0.382 e. The van der Waals surface area contributed by atoms with Crippen molar-refractivity contribution in [1.29, 1.82) is 0 Å². The van der Waals surface area contributed by atoms with E-state index in [0.717, 1.165) is 36.1 Å². The van der Waals surface area contributed by atoms with Crippen LogP contribution in [0.4, 0.5) is 19.0 Å². The summed E-state index contributed by atoms with van der Waals surface area (Å²) in [5.41, 5.74) is 14.3. The average Bonchev–Trinajstić information content (AvgIpc) is 3.14. The number of benzene rings is 2. The summed E-state index contributed by atoms with van der Waals surface area (Å²) in [5.74, 6) is 0.124. The van der Waals surface area contributed by atoms with Gasteiger partial charge in [-0.1, -0.05) is 36.4 Å². The third kappa shape index (κ3) is 4.09. The van der Waals surface area contributed by atoms with Gasteiger partial charge in [0.05, 0.1) is 23.5 Å². The zero-order chi connectivity index (χ0) is 22.2. The van der Waals surface area contributed by atoms with E-state index in [9.17, 15) is 18.0 Å². The molecular formula is C22H20F3N5O. The lowest BCUT2D eigenvalue weighted by Gasteiger charge is -2.23. The van der Waals surface area contributed by atoms with E-state index >= 15 is 0 Å². The van der Waals surface area contributed by atoms with Crippen molar-refractivity contribution in [2.24, 2.45) is 5.73 Å². The Morgan fingerprint density at radius 1 is 1.03 bits per heavy atom. The van der Waals surface area contributed by atoms with E-state index in [1.54, 1.807) is 4.90 Å². The highest BCUT2D eigenvalue weighted by molar-refractivity contribution is 5.73. The minimum atomic E-state index is -4.42. The fourth-order valence-electron chi connectivity index (χ4n) is 3.82. The molecule has 6 nitrogen and oxygen atoms in total. The Labute approximate surface area is 176 Å². The van der Waals surface area contributed by atoms with E-state index in [-0.39, 0.29) is 17.9 Å². The van der Waals surface area contributed by atoms with Gasteiger partial charge in [-0.05, 0) is 24.1 Å². The highest BCUT2D eigenvalue weighted by Gasteiger charge is 2.32. The second-order valence-corrected chi connectivity index (χ2v) is 7.43. The van der Waals surface area contributed by atoms with Gasteiger partial charge in [-0.15, -0.1) is 0 Å². The minimum Gasteiger partial charge on any atom is -0.382 e. The summed E-state index contributed by atoms with van der Waals surface area (Å²) in [4.78, 5) is 21.6. The van der Waals surface area contributed by atoms with Crippen molar-refractivity contribution in [2.45, 2.75) is 24.7 Å². The number of amides is 1. The van der Waals surface area contributed by atoms with Crippen LogP contribution in [0.5, 0.6) is 0 Å². The molecule has 1 aromatic heterocycles. The molecule has 2 heterocycles. The lowest BCUT2D eigenvalue weighted by atomic mass is 9.99. The molecule has 0 aliphatic carbocycles. The van der Waals surface area contributed by atoms with Crippen molar-refractivity contribution < 1.29 is 18.0 Å². The van der Waals surface area contributed by atoms with Gasteiger partial charge in [-0.25, -0.2) is 9.97 Å². The molecule has 2 aromatic carbocycles. The van der Waals surface area contributed by atoms with Crippen LogP contribution in [0.15, 0.2) is 54.7 Å². The number of nitrogen functional groups attached to an aromatic ring is 1. The summed E-state index contributed by atoms with van der Waals surface area (Å²) in [6.07, 6.45) is -1.35. The quantitative estimate of drug-likeness (QED) is 0.620. The number of hydrogen-bond acceptors (Lipinski definition) is 5. The molecule has 31 heavy (non-hydrogen) atoms. The third-order valence-corrected chi connectivity index (χ3v) is 5.45. The van der Waals surface area contributed by atoms with Gasteiger partial charge in [0.1, 0.15) is 11.5 Å². The Bertz CT molecular complexity index is 1080. The SMILES string of the molecule is Nc1ncc(-c2ccc(C3C(N)CCN3C=O)cc2)nc1-c1ccc(C(F)(F)F)cc1. The summed E-state index contributed by atoms with van der Waals surface area (Å²) in [5, 5.41) is 0. The molecule has 1 amide bonds. The Hall–Kier alpha value is -3.46. The van der Waals surface area contributed by atoms with Crippen LogP contribution in [0.2, 0.25) is 0 Å².